The van der Waals surface area contributed by atoms with E-state index in [0.29, 0.717) is 17.1 Å². The minimum absolute atomic E-state index is 0.0647. The Hall–Kier alpha value is -1.46. The average molecular weight is 289 g/mol. The Balaban J connectivity index is 3.64. The second-order valence-electron chi connectivity index (χ2n) is 4.32. The number of hydrogen-bond donors (Lipinski definition) is 2. The zero-order chi connectivity index (χ0) is 14.7. The normalized spacial score (nSPS) is 12.4. The molecule has 0 saturated heterocycles. The molecule has 106 valence electrons. The number of aliphatic hydroxyl groups is 1. The Bertz CT molecular complexity index is 484. The molecule has 19 heavy (non-hydrogen) atoms. The van der Waals surface area contributed by atoms with Crippen molar-refractivity contribution in [3.63, 3.8) is 0 Å². The van der Waals surface area contributed by atoms with Gasteiger partial charge < -0.3 is 19.7 Å². The van der Waals surface area contributed by atoms with Crippen LogP contribution >= 0.6 is 11.6 Å². The molecular formula is C13H17ClO5. The fourth-order valence-corrected chi connectivity index (χ4v) is 2.27. The van der Waals surface area contributed by atoms with Gasteiger partial charge in [0.1, 0.15) is 0 Å². The number of aliphatic hydroxyl groups excluding tert-OH is 1. The van der Waals surface area contributed by atoms with E-state index in [4.69, 9.17) is 26.2 Å². The number of carbonyl (C=O) groups is 1. The predicted molar refractivity (Wildman–Crippen MR) is 71.2 cm³/mol. The van der Waals surface area contributed by atoms with Gasteiger partial charge in [-0.25, -0.2) is 4.79 Å². The van der Waals surface area contributed by atoms with Gasteiger partial charge in [0.2, 0.25) is 0 Å². The van der Waals surface area contributed by atoms with E-state index in [2.05, 4.69) is 0 Å². The van der Waals surface area contributed by atoms with Gasteiger partial charge in [-0.2, -0.15) is 0 Å². The maximum Gasteiger partial charge on any atom is 0.337 e. The second kappa shape index (κ2) is 6.12. The van der Waals surface area contributed by atoms with E-state index in [9.17, 15) is 9.90 Å². The molecular weight excluding hydrogens is 272 g/mol. The molecule has 1 aromatic carbocycles. The summed E-state index contributed by atoms with van der Waals surface area (Å²) in [7, 11) is 2.89. The first-order chi connectivity index (χ1) is 8.84. The third kappa shape index (κ3) is 2.93. The van der Waals surface area contributed by atoms with Crippen LogP contribution in [0.5, 0.6) is 11.5 Å². The molecule has 0 aromatic heterocycles. The molecule has 2 N–H and O–H groups in total. The van der Waals surface area contributed by atoms with Crippen molar-refractivity contribution < 1.29 is 24.5 Å². The van der Waals surface area contributed by atoms with E-state index < -0.39 is 12.1 Å². The predicted octanol–water partition coefficient (Wildman–Crippen LogP) is 2.60. The Morgan fingerprint density at radius 1 is 1.26 bits per heavy atom. The van der Waals surface area contributed by atoms with Gasteiger partial charge in [0, 0.05) is 11.1 Å². The number of benzene rings is 1. The van der Waals surface area contributed by atoms with Gasteiger partial charge in [0.05, 0.1) is 19.2 Å². The van der Waals surface area contributed by atoms with Gasteiger partial charge in [0.15, 0.2) is 17.6 Å². The molecule has 0 amide bonds. The Morgan fingerprint density at radius 3 is 2.16 bits per heavy atom. The first kappa shape index (κ1) is 15.6. The highest BCUT2D eigenvalue weighted by atomic mass is 35.5. The summed E-state index contributed by atoms with van der Waals surface area (Å²) in [6.45, 7) is 3.73. The van der Waals surface area contributed by atoms with Crippen LogP contribution in [0.25, 0.3) is 0 Å². The minimum Gasteiger partial charge on any atom is -0.492 e. The number of halogens is 1. The monoisotopic (exact) mass is 288 g/mol. The van der Waals surface area contributed by atoms with Crippen molar-refractivity contribution in [1.82, 2.24) is 0 Å². The summed E-state index contributed by atoms with van der Waals surface area (Å²) in [6.07, 6.45) is -1.66. The average Bonchev–Trinajstić information content (AvgIpc) is 2.35. The van der Waals surface area contributed by atoms with Crippen molar-refractivity contribution in [2.24, 2.45) is 0 Å². The quantitative estimate of drug-likeness (QED) is 0.871. The van der Waals surface area contributed by atoms with Gasteiger partial charge >= 0.3 is 5.97 Å². The molecule has 0 saturated carbocycles. The molecule has 1 rings (SSSR count). The number of aliphatic carboxylic acids is 1. The van der Waals surface area contributed by atoms with Crippen molar-refractivity contribution in [3.05, 3.63) is 22.2 Å². The third-order valence-corrected chi connectivity index (χ3v) is 3.06. The molecule has 5 nitrogen and oxygen atoms in total. The van der Waals surface area contributed by atoms with Crippen molar-refractivity contribution in [2.45, 2.75) is 25.9 Å². The van der Waals surface area contributed by atoms with E-state index in [1.165, 1.54) is 20.3 Å². The third-order valence-electron chi connectivity index (χ3n) is 2.78. The van der Waals surface area contributed by atoms with E-state index in [1.807, 2.05) is 13.8 Å². The number of hydrogen-bond acceptors (Lipinski definition) is 4. The van der Waals surface area contributed by atoms with E-state index in [0.717, 1.165) is 0 Å². The van der Waals surface area contributed by atoms with Crippen molar-refractivity contribution in [2.75, 3.05) is 14.2 Å². The molecule has 6 heteroatoms. The maximum atomic E-state index is 11.0. The lowest BCUT2D eigenvalue weighted by Gasteiger charge is -2.21. The fraction of sp³-hybridized carbons (Fsp3) is 0.462. The topological polar surface area (TPSA) is 76.0 Å². The SMILES string of the molecule is COc1c(Cl)cc(C(O)C(=O)O)c(C(C)C)c1OC. The summed E-state index contributed by atoms with van der Waals surface area (Å²) >= 11 is 6.03. The molecule has 1 aromatic rings. The van der Waals surface area contributed by atoms with E-state index >= 15 is 0 Å². The van der Waals surface area contributed by atoms with Gasteiger partial charge in [-0.1, -0.05) is 25.4 Å². The standard InChI is InChI=1S/C13H17ClO5/c1-6(2)9-7(10(15)13(16)17)5-8(14)11(18-3)12(9)19-4/h5-6,10,15H,1-4H3,(H,16,17). The number of ether oxygens (including phenoxy) is 2. The van der Waals surface area contributed by atoms with Crippen LogP contribution in [0.2, 0.25) is 5.02 Å². The molecule has 1 atom stereocenters. The molecule has 0 radical (unpaired) electrons. The first-order valence-electron chi connectivity index (χ1n) is 5.70. The molecule has 1 unspecified atom stereocenters. The van der Waals surface area contributed by atoms with Crippen LogP contribution in [0.4, 0.5) is 0 Å². The molecule has 0 heterocycles. The lowest BCUT2D eigenvalue weighted by molar-refractivity contribution is -0.147. The highest BCUT2D eigenvalue weighted by molar-refractivity contribution is 6.32. The maximum absolute atomic E-state index is 11.0. The van der Waals surface area contributed by atoms with E-state index in [-0.39, 0.29) is 16.5 Å². The van der Waals surface area contributed by atoms with Crippen LogP contribution in [-0.4, -0.2) is 30.4 Å². The first-order valence-corrected chi connectivity index (χ1v) is 6.08. The number of carboxylic acids is 1. The lowest BCUT2D eigenvalue weighted by Crippen LogP contribution is -2.14. The number of rotatable bonds is 5. The second-order valence-corrected chi connectivity index (χ2v) is 4.73. The fourth-order valence-electron chi connectivity index (χ4n) is 1.99. The number of carboxylic acid groups (broad SMARTS) is 1. The number of methoxy groups -OCH3 is 2. The van der Waals surface area contributed by atoms with Crippen LogP contribution in [0.15, 0.2) is 6.07 Å². The zero-order valence-corrected chi connectivity index (χ0v) is 12.0. The molecule has 0 spiro atoms. The van der Waals surface area contributed by atoms with Crippen LogP contribution in [0.3, 0.4) is 0 Å². The summed E-state index contributed by atoms with van der Waals surface area (Å²) < 4.78 is 10.4. The molecule has 0 fully saturated rings. The van der Waals surface area contributed by atoms with Gasteiger partial charge in [-0.05, 0) is 12.0 Å². The minimum atomic E-state index is -1.66. The van der Waals surface area contributed by atoms with Gasteiger partial charge in [-0.15, -0.1) is 0 Å². The highest BCUT2D eigenvalue weighted by Gasteiger charge is 2.27. The Kier molecular flexibility index (Phi) is 5.03. The van der Waals surface area contributed by atoms with Crippen molar-refractivity contribution >= 4 is 17.6 Å². The summed E-state index contributed by atoms with van der Waals surface area (Å²) in [5.74, 6) is -0.732. The van der Waals surface area contributed by atoms with Gasteiger partial charge in [-0.3, -0.25) is 0 Å². The van der Waals surface area contributed by atoms with Crippen LogP contribution in [-0.2, 0) is 4.79 Å². The van der Waals surface area contributed by atoms with E-state index in [1.54, 1.807) is 0 Å². The molecule has 0 aliphatic heterocycles. The smallest absolute Gasteiger partial charge is 0.337 e. The Labute approximate surface area is 116 Å². The van der Waals surface area contributed by atoms with Crippen LogP contribution < -0.4 is 9.47 Å². The molecule has 0 aliphatic rings. The highest BCUT2D eigenvalue weighted by Crippen LogP contribution is 2.44. The van der Waals surface area contributed by atoms with Gasteiger partial charge in [0.25, 0.3) is 0 Å². The molecule has 0 bridgehead atoms. The summed E-state index contributed by atoms with van der Waals surface area (Å²) in [5, 5.41) is 18.9. The van der Waals surface area contributed by atoms with Crippen LogP contribution in [0, 0.1) is 0 Å². The zero-order valence-electron chi connectivity index (χ0n) is 11.2. The van der Waals surface area contributed by atoms with Crippen molar-refractivity contribution in [1.29, 1.82) is 0 Å². The van der Waals surface area contributed by atoms with Crippen LogP contribution in [0.1, 0.15) is 37.0 Å². The largest absolute Gasteiger partial charge is 0.492 e. The summed E-state index contributed by atoms with van der Waals surface area (Å²) in [5.41, 5.74) is 0.781. The lowest BCUT2D eigenvalue weighted by atomic mass is 9.92. The molecule has 0 aliphatic carbocycles. The summed E-state index contributed by atoms with van der Waals surface area (Å²) in [6, 6.07) is 1.40. The summed E-state index contributed by atoms with van der Waals surface area (Å²) in [4.78, 5) is 11.0. The Morgan fingerprint density at radius 2 is 1.79 bits per heavy atom. The van der Waals surface area contributed by atoms with Crippen molar-refractivity contribution in [3.8, 4) is 11.5 Å².